The van der Waals surface area contributed by atoms with E-state index in [2.05, 4.69) is 32.3 Å². The van der Waals surface area contributed by atoms with E-state index < -0.39 is 18.1 Å². The fourth-order valence-corrected chi connectivity index (χ4v) is 6.18. The molecule has 0 bridgehead atoms. The Morgan fingerprint density at radius 2 is 1.80 bits per heavy atom. The minimum Gasteiger partial charge on any atom is -0.384 e. The van der Waals surface area contributed by atoms with Gasteiger partial charge in [-0.3, -0.25) is 23.6 Å². The first-order chi connectivity index (χ1) is 23.6. The molecule has 1 saturated heterocycles. The maximum Gasteiger partial charge on any atom is 0.267 e. The van der Waals surface area contributed by atoms with Gasteiger partial charge in [-0.25, -0.2) is 14.5 Å². The zero-order valence-electron chi connectivity index (χ0n) is 26.9. The molecule has 4 N–H and O–H groups in total. The van der Waals surface area contributed by atoms with Gasteiger partial charge in [0.25, 0.3) is 17.4 Å². The smallest absolute Gasteiger partial charge is 0.267 e. The molecule has 0 radical (unpaired) electrons. The summed E-state index contributed by atoms with van der Waals surface area (Å²) in [5, 5.41) is 21.5. The third-order valence-electron chi connectivity index (χ3n) is 8.58. The second kappa shape index (κ2) is 12.4. The summed E-state index contributed by atoms with van der Waals surface area (Å²) < 4.78 is 4.65. The van der Waals surface area contributed by atoms with Crippen molar-refractivity contribution in [3.8, 4) is 17.5 Å². The number of aromatic nitrogens is 7. The maximum absolute atomic E-state index is 14.4. The molecule has 14 heteroatoms. The fourth-order valence-electron chi connectivity index (χ4n) is 6.18. The van der Waals surface area contributed by atoms with E-state index in [4.69, 9.17) is 10.7 Å². The van der Waals surface area contributed by atoms with Gasteiger partial charge in [0, 0.05) is 44.0 Å². The number of aliphatic hydroxyl groups is 1. The van der Waals surface area contributed by atoms with Crippen LogP contribution in [-0.4, -0.2) is 74.9 Å². The van der Waals surface area contributed by atoms with Crippen LogP contribution < -0.4 is 16.6 Å². The Balaban J connectivity index is 1.27. The number of aryl methyl sites for hydroxylation is 1. The lowest BCUT2D eigenvalue weighted by Crippen LogP contribution is -2.52. The zero-order chi connectivity index (χ0) is 34.4. The number of benzene rings is 2. The molecule has 7 rings (SSSR count). The Labute approximate surface area is 279 Å². The highest BCUT2D eigenvalue weighted by Crippen LogP contribution is 2.30. The first-order valence-corrected chi connectivity index (χ1v) is 15.6. The van der Waals surface area contributed by atoms with Crippen LogP contribution in [0.15, 0.2) is 78.0 Å². The largest absolute Gasteiger partial charge is 0.384 e. The molecule has 1 fully saturated rings. The van der Waals surface area contributed by atoms with Crippen molar-refractivity contribution in [2.45, 2.75) is 31.9 Å². The van der Waals surface area contributed by atoms with E-state index in [1.54, 1.807) is 71.5 Å². The van der Waals surface area contributed by atoms with Crippen LogP contribution in [0, 0.1) is 11.8 Å². The minimum atomic E-state index is -1.06. The molecule has 246 valence electrons. The number of rotatable bonds is 6. The average molecular weight is 657 g/mol. The second-order valence-corrected chi connectivity index (χ2v) is 11.9. The molecule has 49 heavy (non-hydrogen) atoms. The molecule has 1 unspecified atom stereocenters. The molecule has 4 aromatic heterocycles. The van der Waals surface area contributed by atoms with Gasteiger partial charge in [0.05, 0.1) is 40.1 Å². The third kappa shape index (κ3) is 5.55. The standard InChI is InChI=1S/C35H32N10O4/c1-20(39-33(47)28-30(36)41-44-16-8-15-37-32(28)44)31-40-26-12-7-9-22(27(26)35(49)45(31)25-10-5-4-6-11-25)13-14-23-17-38-42(3)29(23)24-18-43(19-24)34(48)21(2)46/h4-12,15-17,20-21,24,46H,18-19H2,1-3H3,(H2,36,41)(H,39,47)/t20-,21?/m1/s1. The van der Waals surface area contributed by atoms with Gasteiger partial charge in [0.2, 0.25) is 0 Å². The van der Waals surface area contributed by atoms with Crippen molar-refractivity contribution in [3.63, 3.8) is 0 Å². The molecule has 5 heterocycles. The topological polar surface area (TPSA) is 179 Å². The van der Waals surface area contributed by atoms with Crippen molar-refractivity contribution in [1.82, 2.24) is 44.1 Å². The van der Waals surface area contributed by atoms with E-state index in [1.807, 2.05) is 25.2 Å². The number of aliphatic hydroxyl groups excluding tert-OH is 1. The minimum absolute atomic E-state index is 0.00937. The van der Waals surface area contributed by atoms with Crippen LogP contribution in [0.25, 0.3) is 22.2 Å². The number of hydrogen-bond donors (Lipinski definition) is 3. The summed E-state index contributed by atoms with van der Waals surface area (Å²) in [6, 6.07) is 15.3. The van der Waals surface area contributed by atoms with Gasteiger partial charge in [-0.2, -0.15) is 5.10 Å². The number of nitrogens with two attached hydrogens (primary N) is 1. The number of nitrogens with one attached hydrogen (secondary N) is 1. The predicted molar refractivity (Wildman–Crippen MR) is 181 cm³/mol. The van der Waals surface area contributed by atoms with Crippen molar-refractivity contribution in [2.24, 2.45) is 7.05 Å². The first kappa shape index (κ1) is 31.3. The Hall–Kier alpha value is -6.33. The number of amides is 2. The Morgan fingerprint density at radius 3 is 2.55 bits per heavy atom. The van der Waals surface area contributed by atoms with Crippen LogP contribution in [0.1, 0.15) is 58.8 Å². The number of anilines is 1. The number of para-hydroxylation sites is 1. The van der Waals surface area contributed by atoms with Gasteiger partial charge in [-0.1, -0.05) is 36.1 Å². The van der Waals surface area contributed by atoms with Crippen LogP contribution in [-0.2, 0) is 11.8 Å². The monoisotopic (exact) mass is 656 g/mol. The van der Waals surface area contributed by atoms with Gasteiger partial charge >= 0.3 is 0 Å². The Kier molecular flexibility index (Phi) is 7.89. The molecule has 1 aliphatic rings. The van der Waals surface area contributed by atoms with Gasteiger partial charge in [0.1, 0.15) is 17.5 Å². The molecule has 0 spiro atoms. The van der Waals surface area contributed by atoms with Gasteiger partial charge in [-0.15, -0.1) is 5.10 Å². The number of fused-ring (bicyclic) bond motifs is 2. The Bertz CT molecular complexity index is 2380. The van der Waals surface area contributed by atoms with Crippen LogP contribution in [0.4, 0.5) is 5.82 Å². The van der Waals surface area contributed by atoms with Crippen LogP contribution in [0.5, 0.6) is 0 Å². The van der Waals surface area contributed by atoms with E-state index >= 15 is 0 Å². The summed E-state index contributed by atoms with van der Waals surface area (Å²) in [6.45, 7) is 4.11. The maximum atomic E-state index is 14.4. The molecule has 6 aromatic rings. The van der Waals surface area contributed by atoms with Gasteiger partial charge in [0.15, 0.2) is 11.5 Å². The highest BCUT2D eigenvalue weighted by molar-refractivity contribution is 6.04. The molecule has 0 aliphatic carbocycles. The van der Waals surface area contributed by atoms with Gasteiger partial charge < -0.3 is 21.1 Å². The van der Waals surface area contributed by atoms with Crippen LogP contribution >= 0.6 is 0 Å². The summed E-state index contributed by atoms with van der Waals surface area (Å²) in [7, 11) is 1.82. The number of carbonyl (C=O) groups is 2. The third-order valence-corrected chi connectivity index (χ3v) is 8.58. The van der Waals surface area contributed by atoms with Crippen LogP contribution in [0.3, 0.4) is 0 Å². The van der Waals surface area contributed by atoms with E-state index in [-0.39, 0.29) is 28.8 Å². The number of likely N-dealkylation sites (tertiary alicyclic amines) is 1. The first-order valence-electron chi connectivity index (χ1n) is 15.6. The lowest BCUT2D eigenvalue weighted by atomic mass is 9.93. The lowest BCUT2D eigenvalue weighted by molar-refractivity contribution is -0.143. The molecule has 2 aromatic carbocycles. The summed E-state index contributed by atoms with van der Waals surface area (Å²) in [5.74, 6) is 5.90. The summed E-state index contributed by atoms with van der Waals surface area (Å²) in [5.41, 5.74) is 9.17. The molecule has 2 amide bonds. The highest BCUT2D eigenvalue weighted by atomic mass is 16.3. The average Bonchev–Trinajstić information content (AvgIpc) is 3.61. The van der Waals surface area contributed by atoms with Crippen molar-refractivity contribution in [3.05, 3.63) is 112 Å². The summed E-state index contributed by atoms with van der Waals surface area (Å²) >= 11 is 0. The normalized spacial score (nSPS) is 14.2. The van der Waals surface area contributed by atoms with Crippen LogP contribution in [0.2, 0.25) is 0 Å². The summed E-state index contributed by atoms with van der Waals surface area (Å²) in [6.07, 6.45) is 3.81. The van der Waals surface area contributed by atoms with Crippen molar-refractivity contribution in [2.75, 3.05) is 18.8 Å². The number of hydrogen-bond acceptors (Lipinski definition) is 9. The van der Waals surface area contributed by atoms with E-state index in [0.29, 0.717) is 52.3 Å². The second-order valence-electron chi connectivity index (χ2n) is 11.9. The number of nitrogen functional groups attached to an aromatic ring is 1. The SMILES string of the molecule is CC(O)C(=O)N1CC(c2c(C#Cc3cccc4nc([C@@H](C)NC(=O)c5c(N)nn6cccnc56)n(-c5ccccc5)c(=O)c34)cnn2C)C1. The lowest BCUT2D eigenvalue weighted by Gasteiger charge is -2.40. The number of carbonyl (C=O) groups excluding carboxylic acids is 2. The fraction of sp³-hybridized carbons (Fsp3) is 0.229. The van der Waals surface area contributed by atoms with Crippen molar-refractivity contribution < 1.29 is 14.7 Å². The molecule has 0 saturated carbocycles. The quantitative estimate of drug-likeness (QED) is 0.226. The number of nitrogens with zero attached hydrogens (tertiary/aromatic N) is 8. The molecular formula is C35H32N10O4. The summed E-state index contributed by atoms with van der Waals surface area (Å²) in [4.78, 5) is 50.9. The molecule has 14 nitrogen and oxygen atoms in total. The molecular weight excluding hydrogens is 624 g/mol. The van der Waals surface area contributed by atoms with Crippen molar-refractivity contribution in [1.29, 1.82) is 0 Å². The van der Waals surface area contributed by atoms with E-state index in [1.165, 1.54) is 16.0 Å². The molecule has 1 aliphatic heterocycles. The van der Waals surface area contributed by atoms with E-state index in [9.17, 15) is 19.5 Å². The van der Waals surface area contributed by atoms with Crippen molar-refractivity contribution >= 4 is 34.2 Å². The highest BCUT2D eigenvalue weighted by Gasteiger charge is 2.36. The van der Waals surface area contributed by atoms with Gasteiger partial charge in [-0.05, 0) is 44.2 Å². The Morgan fingerprint density at radius 1 is 1.04 bits per heavy atom. The zero-order valence-corrected chi connectivity index (χ0v) is 26.9. The molecule has 2 atom stereocenters. The predicted octanol–water partition coefficient (Wildman–Crippen LogP) is 1.94. The van der Waals surface area contributed by atoms with E-state index in [0.717, 1.165) is 5.69 Å².